The Balaban J connectivity index is 2.32. The van der Waals surface area contributed by atoms with Crippen LogP contribution in [0.5, 0.6) is 0 Å². The number of amides is 1. The van der Waals surface area contributed by atoms with E-state index in [9.17, 15) is 9.18 Å². The zero-order valence-electron chi connectivity index (χ0n) is 12.4. The van der Waals surface area contributed by atoms with Crippen molar-refractivity contribution in [3.05, 3.63) is 29.1 Å². The largest absolute Gasteiger partial charge is 0.399 e. The highest BCUT2D eigenvalue weighted by Crippen LogP contribution is 2.24. The van der Waals surface area contributed by atoms with Crippen molar-refractivity contribution in [2.45, 2.75) is 39.4 Å². The Morgan fingerprint density at radius 2 is 2.15 bits per heavy atom. The summed E-state index contributed by atoms with van der Waals surface area (Å²) in [7, 11) is 0. The van der Waals surface area contributed by atoms with Crippen LogP contribution in [-0.2, 0) is 4.74 Å². The third-order valence-electron chi connectivity index (χ3n) is 3.36. The van der Waals surface area contributed by atoms with Crippen LogP contribution < -0.4 is 5.73 Å². The highest BCUT2D eigenvalue weighted by Gasteiger charge is 2.34. The molecular formula is C15H21FN2O2. The minimum atomic E-state index is -0.499. The standard InChI is InChI=1S/C15H21FN2O2/c1-9-5-11(17)6-12(13(9)16)14(19)18-7-10(2)20-15(3,4)8-18/h5-6,10H,7-8,17H2,1-4H3. The average Bonchev–Trinajstić information content (AvgIpc) is 2.30. The minimum Gasteiger partial charge on any atom is -0.399 e. The van der Waals surface area contributed by atoms with Gasteiger partial charge in [0, 0.05) is 18.8 Å². The number of hydrogen-bond acceptors (Lipinski definition) is 3. The number of nitrogens with zero attached hydrogens (tertiary/aromatic N) is 1. The molecule has 1 fully saturated rings. The van der Waals surface area contributed by atoms with E-state index in [1.165, 1.54) is 12.1 Å². The predicted molar refractivity (Wildman–Crippen MR) is 76.1 cm³/mol. The lowest BCUT2D eigenvalue weighted by Gasteiger charge is -2.41. The second-order valence-electron chi connectivity index (χ2n) is 6.07. The van der Waals surface area contributed by atoms with Gasteiger partial charge >= 0.3 is 0 Å². The van der Waals surface area contributed by atoms with Gasteiger partial charge in [-0.15, -0.1) is 0 Å². The van der Waals surface area contributed by atoms with Crippen molar-refractivity contribution >= 4 is 11.6 Å². The molecule has 2 N–H and O–H groups in total. The van der Waals surface area contributed by atoms with Crippen molar-refractivity contribution < 1.29 is 13.9 Å². The number of morpholine rings is 1. The molecule has 20 heavy (non-hydrogen) atoms. The molecule has 5 heteroatoms. The van der Waals surface area contributed by atoms with Crippen molar-refractivity contribution in [1.82, 2.24) is 4.90 Å². The fourth-order valence-corrected chi connectivity index (χ4v) is 2.73. The van der Waals surface area contributed by atoms with Gasteiger partial charge in [0.2, 0.25) is 0 Å². The van der Waals surface area contributed by atoms with Crippen LogP contribution >= 0.6 is 0 Å². The number of rotatable bonds is 1. The lowest BCUT2D eigenvalue weighted by atomic mass is 10.0. The van der Waals surface area contributed by atoms with E-state index in [2.05, 4.69) is 0 Å². The average molecular weight is 280 g/mol. The zero-order valence-corrected chi connectivity index (χ0v) is 12.4. The number of nitrogen functional groups attached to an aromatic ring is 1. The van der Waals surface area contributed by atoms with Crippen LogP contribution in [0.4, 0.5) is 10.1 Å². The van der Waals surface area contributed by atoms with Crippen LogP contribution in [-0.4, -0.2) is 35.6 Å². The molecule has 0 spiro atoms. The Labute approximate surface area is 118 Å². The van der Waals surface area contributed by atoms with E-state index >= 15 is 0 Å². The van der Waals surface area contributed by atoms with Crippen LogP contribution in [0, 0.1) is 12.7 Å². The quantitative estimate of drug-likeness (QED) is 0.803. The first kappa shape index (κ1) is 14.8. The molecule has 2 rings (SSSR count). The summed E-state index contributed by atoms with van der Waals surface area (Å²) in [5.74, 6) is -0.831. The third-order valence-corrected chi connectivity index (χ3v) is 3.36. The summed E-state index contributed by atoms with van der Waals surface area (Å²) in [6.07, 6.45) is -0.0760. The Morgan fingerprint density at radius 1 is 1.50 bits per heavy atom. The summed E-state index contributed by atoms with van der Waals surface area (Å²) < 4.78 is 19.9. The fraction of sp³-hybridized carbons (Fsp3) is 0.533. The predicted octanol–water partition coefficient (Wildman–Crippen LogP) is 2.36. The van der Waals surface area contributed by atoms with Crippen LogP contribution in [0.1, 0.15) is 36.7 Å². The molecule has 1 atom stereocenters. The van der Waals surface area contributed by atoms with Crippen molar-refractivity contribution in [3.8, 4) is 0 Å². The Kier molecular flexibility index (Phi) is 3.73. The van der Waals surface area contributed by atoms with Gasteiger partial charge in [0.1, 0.15) is 5.82 Å². The van der Waals surface area contributed by atoms with Crippen molar-refractivity contribution in [2.24, 2.45) is 0 Å². The number of benzene rings is 1. The Bertz CT molecular complexity index is 543. The van der Waals surface area contributed by atoms with Crippen molar-refractivity contribution in [3.63, 3.8) is 0 Å². The molecule has 0 radical (unpaired) electrons. The highest BCUT2D eigenvalue weighted by molar-refractivity contribution is 5.95. The zero-order chi connectivity index (χ0) is 15.1. The lowest BCUT2D eigenvalue weighted by molar-refractivity contribution is -0.118. The molecule has 0 saturated carbocycles. The molecule has 1 amide bonds. The van der Waals surface area contributed by atoms with Crippen LogP contribution in [0.15, 0.2) is 12.1 Å². The first-order chi connectivity index (χ1) is 9.19. The van der Waals surface area contributed by atoms with Gasteiger partial charge in [0.05, 0.1) is 17.3 Å². The number of halogens is 1. The molecule has 1 saturated heterocycles. The Hall–Kier alpha value is -1.62. The van der Waals surface area contributed by atoms with Crippen molar-refractivity contribution in [1.29, 1.82) is 0 Å². The first-order valence-corrected chi connectivity index (χ1v) is 6.72. The molecule has 1 aliphatic heterocycles. The first-order valence-electron chi connectivity index (χ1n) is 6.72. The molecule has 1 heterocycles. The number of carbonyl (C=O) groups is 1. The van der Waals surface area contributed by atoms with Gasteiger partial charge in [0.25, 0.3) is 5.91 Å². The summed E-state index contributed by atoms with van der Waals surface area (Å²) in [4.78, 5) is 14.2. The molecule has 110 valence electrons. The molecule has 0 bridgehead atoms. The maximum Gasteiger partial charge on any atom is 0.257 e. The van der Waals surface area contributed by atoms with Gasteiger partial charge in [-0.3, -0.25) is 4.79 Å². The minimum absolute atomic E-state index is 0.0346. The van der Waals surface area contributed by atoms with Crippen LogP contribution in [0.25, 0.3) is 0 Å². The summed E-state index contributed by atoms with van der Waals surface area (Å²) in [6.45, 7) is 8.24. The summed E-state index contributed by atoms with van der Waals surface area (Å²) in [6, 6.07) is 2.93. The summed E-state index contributed by atoms with van der Waals surface area (Å²) >= 11 is 0. The van der Waals surface area contributed by atoms with E-state index in [4.69, 9.17) is 10.5 Å². The third kappa shape index (κ3) is 2.93. The number of aryl methyl sites for hydroxylation is 1. The molecule has 0 aliphatic carbocycles. The van der Waals surface area contributed by atoms with E-state index in [1.54, 1.807) is 11.8 Å². The molecule has 4 nitrogen and oxygen atoms in total. The molecule has 0 aromatic heterocycles. The SMILES string of the molecule is Cc1cc(N)cc(C(=O)N2CC(C)OC(C)(C)C2)c1F. The van der Waals surface area contributed by atoms with Gasteiger partial charge in [-0.2, -0.15) is 0 Å². The normalized spacial score (nSPS) is 21.9. The molecule has 1 aromatic rings. The number of hydrogen-bond donors (Lipinski definition) is 1. The van der Waals surface area contributed by atoms with Crippen LogP contribution in [0.3, 0.4) is 0 Å². The molecule has 1 aromatic carbocycles. The van der Waals surface area contributed by atoms with E-state index < -0.39 is 11.4 Å². The van der Waals surface area contributed by atoms with Gasteiger partial charge in [0.15, 0.2) is 0 Å². The molecule has 1 unspecified atom stereocenters. The van der Waals surface area contributed by atoms with E-state index in [0.717, 1.165) is 0 Å². The monoisotopic (exact) mass is 280 g/mol. The Morgan fingerprint density at radius 3 is 2.75 bits per heavy atom. The fourth-order valence-electron chi connectivity index (χ4n) is 2.73. The van der Waals surface area contributed by atoms with Gasteiger partial charge in [-0.25, -0.2) is 4.39 Å². The topological polar surface area (TPSA) is 55.6 Å². The highest BCUT2D eigenvalue weighted by atomic mass is 19.1. The summed E-state index contributed by atoms with van der Waals surface area (Å²) in [5, 5.41) is 0. The van der Waals surface area contributed by atoms with Gasteiger partial charge < -0.3 is 15.4 Å². The van der Waals surface area contributed by atoms with E-state index in [-0.39, 0.29) is 17.6 Å². The number of nitrogens with two attached hydrogens (primary N) is 1. The number of ether oxygens (including phenoxy) is 1. The number of anilines is 1. The smallest absolute Gasteiger partial charge is 0.257 e. The number of carbonyl (C=O) groups excluding carboxylic acids is 1. The van der Waals surface area contributed by atoms with E-state index in [1.807, 2.05) is 20.8 Å². The van der Waals surface area contributed by atoms with Gasteiger partial charge in [-0.05, 0) is 45.4 Å². The second kappa shape index (κ2) is 5.05. The second-order valence-corrected chi connectivity index (χ2v) is 6.07. The molecule has 1 aliphatic rings. The van der Waals surface area contributed by atoms with E-state index in [0.29, 0.717) is 24.3 Å². The van der Waals surface area contributed by atoms with Crippen molar-refractivity contribution in [2.75, 3.05) is 18.8 Å². The maximum absolute atomic E-state index is 14.1. The van der Waals surface area contributed by atoms with Gasteiger partial charge in [-0.1, -0.05) is 0 Å². The summed E-state index contributed by atoms with van der Waals surface area (Å²) in [5.41, 5.74) is 6.10. The van der Waals surface area contributed by atoms with Crippen LogP contribution in [0.2, 0.25) is 0 Å². The maximum atomic E-state index is 14.1. The molecular weight excluding hydrogens is 259 g/mol. The lowest BCUT2D eigenvalue weighted by Crippen LogP contribution is -2.53.